The molecule has 0 N–H and O–H groups in total. The van der Waals surface area contributed by atoms with Gasteiger partial charge in [0.05, 0.1) is 0 Å². The van der Waals surface area contributed by atoms with Gasteiger partial charge in [-0.3, -0.25) is 14.4 Å². The molecule has 0 heterocycles. The van der Waals surface area contributed by atoms with Crippen LogP contribution < -0.4 is 0 Å². The highest BCUT2D eigenvalue weighted by molar-refractivity contribution is 5.71. The molecule has 0 rings (SSSR count). The molecule has 0 aliphatic rings. The molecule has 0 saturated heterocycles. The van der Waals surface area contributed by atoms with E-state index in [9.17, 15) is 14.4 Å². The second-order valence-corrected chi connectivity index (χ2v) is 18.1. The van der Waals surface area contributed by atoms with Crippen molar-refractivity contribution in [1.29, 1.82) is 0 Å². The zero-order valence-corrected chi connectivity index (χ0v) is 40.9. The van der Waals surface area contributed by atoms with E-state index < -0.39 is 6.10 Å². The highest BCUT2D eigenvalue weighted by Gasteiger charge is 2.19. The molecule has 0 amide bonds. The van der Waals surface area contributed by atoms with Crippen LogP contribution in [-0.4, -0.2) is 37.2 Å². The maximum atomic E-state index is 12.8. The second kappa shape index (κ2) is 50.5. The van der Waals surface area contributed by atoms with Gasteiger partial charge in [-0.25, -0.2) is 0 Å². The monoisotopic (exact) mass is 859 g/mol. The van der Waals surface area contributed by atoms with Crippen molar-refractivity contribution < 1.29 is 28.6 Å². The molecule has 358 valence electrons. The van der Waals surface area contributed by atoms with Crippen molar-refractivity contribution in [1.82, 2.24) is 0 Å². The molecule has 6 heteroatoms. The van der Waals surface area contributed by atoms with Crippen molar-refractivity contribution in [3.8, 4) is 0 Å². The first kappa shape index (κ1) is 58.9. The molecule has 0 spiro atoms. The molecule has 0 radical (unpaired) electrons. The first-order valence-electron chi connectivity index (χ1n) is 26.8. The molecule has 0 aliphatic carbocycles. The van der Waals surface area contributed by atoms with Crippen molar-refractivity contribution in [3.63, 3.8) is 0 Å². The smallest absolute Gasteiger partial charge is 0.306 e. The number of unbranched alkanes of at least 4 members (excludes halogenated alkanes) is 34. The van der Waals surface area contributed by atoms with E-state index in [1.54, 1.807) is 0 Å². The zero-order valence-electron chi connectivity index (χ0n) is 40.9. The lowest BCUT2D eigenvalue weighted by molar-refractivity contribution is -0.167. The van der Waals surface area contributed by atoms with E-state index in [-0.39, 0.29) is 31.1 Å². The quantitative estimate of drug-likeness (QED) is 0.0262. The van der Waals surface area contributed by atoms with Crippen LogP contribution in [0.4, 0.5) is 0 Å². The van der Waals surface area contributed by atoms with Gasteiger partial charge in [-0.1, -0.05) is 225 Å². The molecule has 6 nitrogen and oxygen atoms in total. The second-order valence-electron chi connectivity index (χ2n) is 18.1. The van der Waals surface area contributed by atoms with Crippen molar-refractivity contribution >= 4 is 17.9 Å². The van der Waals surface area contributed by atoms with E-state index >= 15 is 0 Å². The fourth-order valence-electron chi connectivity index (χ4n) is 7.84. The summed E-state index contributed by atoms with van der Waals surface area (Å²) in [4.78, 5) is 38.0. The Morgan fingerprint density at radius 2 is 0.541 bits per heavy atom. The lowest BCUT2D eigenvalue weighted by atomic mass is 10.0. The molecule has 1 atom stereocenters. The largest absolute Gasteiger partial charge is 0.462 e. The SMILES string of the molecule is CCCCCCC=CCCCCCCCC(=O)OC(COC(=O)CCCCCCCC=CCCCCCCCC)COC(=O)CCCCCCCCCCCCCCCCC. The van der Waals surface area contributed by atoms with Gasteiger partial charge in [0.15, 0.2) is 6.10 Å². The lowest BCUT2D eigenvalue weighted by Crippen LogP contribution is -2.30. The average Bonchev–Trinajstić information content (AvgIpc) is 3.26. The van der Waals surface area contributed by atoms with Crippen LogP contribution in [-0.2, 0) is 28.6 Å². The van der Waals surface area contributed by atoms with Crippen LogP contribution in [0, 0.1) is 0 Å². The molecule has 1 unspecified atom stereocenters. The van der Waals surface area contributed by atoms with E-state index in [1.807, 2.05) is 0 Å². The van der Waals surface area contributed by atoms with Crippen molar-refractivity contribution in [2.24, 2.45) is 0 Å². The number of hydrogen-bond acceptors (Lipinski definition) is 6. The summed E-state index contributed by atoms with van der Waals surface area (Å²) in [6.45, 7) is 6.64. The number of hydrogen-bond donors (Lipinski definition) is 0. The Morgan fingerprint density at radius 1 is 0.311 bits per heavy atom. The van der Waals surface area contributed by atoms with Gasteiger partial charge in [0.2, 0.25) is 0 Å². The molecule has 0 aromatic rings. The standard InChI is InChI=1S/C55H102O6/c1-4-7-10-13-16-19-22-25-27-30-32-35-38-41-44-47-53(56)59-50-52(61-55(58)49-46-43-40-37-34-29-24-21-18-15-12-9-6-3)51-60-54(57)48-45-42-39-36-33-31-28-26-23-20-17-14-11-8-5-2/h21,24-25,27,52H,4-20,22-23,26,28-51H2,1-3H3. The Kier molecular flexibility index (Phi) is 48.8. The topological polar surface area (TPSA) is 78.9 Å². The maximum absolute atomic E-state index is 12.8. The molecule has 0 aromatic carbocycles. The molecule has 0 bridgehead atoms. The minimum Gasteiger partial charge on any atom is -0.462 e. The normalized spacial score (nSPS) is 12.1. The number of rotatable bonds is 49. The zero-order chi connectivity index (χ0) is 44.4. The summed E-state index contributed by atoms with van der Waals surface area (Å²) in [5.74, 6) is -0.876. The third kappa shape index (κ3) is 48.8. The van der Waals surface area contributed by atoms with Crippen LogP contribution in [0.5, 0.6) is 0 Å². The van der Waals surface area contributed by atoms with Crippen LogP contribution in [0.3, 0.4) is 0 Å². The fourth-order valence-corrected chi connectivity index (χ4v) is 7.84. The van der Waals surface area contributed by atoms with Gasteiger partial charge < -0.3 is 14.2 Å². The minimum absolute atomic E-state index is 0.0733. The van der Waals surface area contributed by atoms with Crippen LogP contribution in [0.25, 0.3) is 0 Å². The number of esters is 3. The Labute approximate surface area is 379 Å². The predicted octanol–water partition coefficient (Wildman–Crippen LogP) is 17.5. The minimum atomic E-state index is -0.774. The van der Waals surface area contributed by atoms with E-state index in [0.29, 0.717) is 19.3 Å². The summed E-state index contributed by atoms with van der Waals surface area (Å²) >= 11 is 0. The molecule has 0 saturated carbocycles. The van der Waals surface area contributed by atoms with Gasteiger partial charge in [0.25, 0.3) is 0 Å². The highest BCUT2D eigenvalue weighted by atomic mass is 16.6. The average molecular weight is 859 g/mol. The molecular formula is C55H102O6. The van der Waals surface area contributed by atoms with Crippen molar-refractivity contribution in [2.45, 2.75) is 297 Å². The van der Waals surface area contributed by atoms with Crippen molar-refractivity contribution in [2.75, 3.05) is 13.2 Å². The molecule has 61 heavy (non-hydrogen) atoms. The first-order valence-corrected chi connectivity index (χ1v) is 26.8. The summed E-state index contributed by atoms with van der Waals surface area (Å²) in [7, 11) is 0. The van der Waals surface area contributed by atoms with Crippen molar-refractivity contribution in [3.05, 3.63) is 24.3 Å². The third-order valence-electron chi connectivity index (χ3n) is 11.9. The summed E-state index contributed by atoms with van der Waals surface area (Å²) in [5, 5.41) is 0. The van der Waals surface area contributed by atoms with E-state index in [2.05, 4.69) is 45.1 Å². The summed E-state index contributed by atoms with van der Waals surface area (Å²) in [6, 6.07) is 0. The van der Waals surface area contributed by atoms with E-state index in [0.717, 1.165) is 70.6 Å². The Hall–Kier alpha value is -2.11. The molecule has 0 aliphatic heterocycles. The third-order valence-corrected chi connectivity index (χ3v) is 11.9. The molecule has 0 fully saturated rings. The van der Waals surface area contributed by atoms with Gasteiger partial charge in [-0.15, -0.1) is 0 Å². The van der Waals surface area contributed by atoms with E-state index in [4.69, 9.17) is 14.2 Å². The van der Waals surface area contributed by atoms with Gasteiger partial charge >= 0.3 is 17.9 Å². The van der Waals surface area contributed by atoms with Gasteiger partial charge in [0, 0.05) is 19.3 Å². The van der Waals surface area contributed by atoms with E-state index in [1.165, 1.54) is 180 Å². The van der Waals surface area contributed by atoms with Crippen LogP contribution in [0.1, 0.15) is 290 Å². The van der Waals surface area contributed by atoms with Gasteiger partial charge in [0.1, 0.15) is 13.2 Å². The first-order chi connectivity index (χ1) is 30.0. The van der Waals surface area contributed by atoms with Crippen LogP contribution in [0.2, 0.25) is 0 Å². The predicted molar refractivity (Wildman–Crippen MR) is 261 cm³/mol. The number of allylic oxidation sites excluding steroid dienone is 4. The summed E-state index contributed by atoms with van der Waals surface area (Å²) in [6.07, 6.45) is 57.3. The molecule has 0 aromatic heterocycles. The lowest BCUT2D eigenvalue weighted by Gasteiger charge is -2.18. The van der Waals surface area contributed by atoms with Gasteiger partial charge in [-0.2, -0.15) is 0 Å². The van der Waals surface area contributed by atoms with Crippen LogP contribution in [0.15, 0.2) is 24.3 Å². The summed E-state index contributed by atoms with van der Waals surface area (Å²) < 4.78 is 16.8. The molecular weight excluding hydrogens is 757 g/mol. The maximum Gasteiger partial charge on any atom is 0.306 e. The highest BCUT2D eigenvalue weighted by Crippen LogP contribution is 2.16. The Morgan fingerprint density at radius 3 is 0.836 bits per heavy atom. The number of carbonyl (C=O) groups excluding carboxylic acids is 3. The Bertz CT molecular complexity index is 989. The fraction of sp³-hybridized carbons (Fsp3) is 0.873. The Balaban J connectivity index is 4.35. The van der Waals surface area contributed by atoms with Crippen LogP contribution >= 0.6 is 0 Å². The number of carbonyl (C=O) groups is 3. The number of ether oxygens (including phenoxy) is 3. The van der Waals surface area contributed by atoms with Gasteiger partial charge in [-0.05, 0) is 70.6 Å². The summed E-state index contributed by atoms with van der Waals surface area (Å²) in [5.41, 5.74) is 0.